The van der Waals surface area contributed by atoms with Gasteiger partial charge in [0.1, 0.15) is 0 Å². The van der Waals surface area contributed by atoms with Crippen molar-refractivity contribution in [2.24, 2.45) is 0 Å². The first-order chi connectivity index (χ1) is 7.84. The summed E-state index contributed by atoms with van der Waals surface area (Å²) < 4.78 is 0. The van der Waals surface area contributed by atoms with E-state index in [-0.39, 0.29) is 11.9 Å². The lowest BCUT2D eigenvalue weighted by molar-refractivity contribution is -0.117. The maximum absolute atomic E-state index is 11.5. The van der Waals surface area contributed by atoms with Crippen LogP contribution in [0.25, 0.3) is 6.08 Å². The highest BCUT2D eigenvalue weighted by Crippen LogP contribution is 2.01. The normalized spacial score (nSPS) is 20.1. The van der Waals surface area contributed by atoms with Crippen LogP contribution in [0.2, 0.25) is 0 Å². The van der Waals surface area contributed by atoms with Gasteiger partial charge in [-0.25, -0.2) is 0 Å². The van der Waals surface area contributed by atoms with E-state index in [2.05, 4.69) is 10.6 Å². The zero-order valence-electron chi connectivity index (χ0n) is 9.15. The monoisotopic (exact) mass is 216 g/mol. The molecule has 3 nitrogen and oxygen atoms in total. The highest BCUT2D eigenvalue weighted by molar-refractivity contribution is 5.91. The molecule has 1 aromatic rings. The summed E-state index contributed by atoms with van der Waals surface area (Å²) >= 11 is 0. The molecule has 2 N–H and O–H groups in total. The van der Waals surface area contributed by atoms with Crippen molar-refractivity contribution < 1.29 is 4.79 Å². The van der Waals surface area contributed by atoms with Crippen LogP contribution in [-0.4, -0.2) is 25.0 Å². The van der Waals surface area contributed by atoms with Crippen molar-refractivity contribution >= 4 is 12.0 Å². The Labute approximate surface area is 95.6 Å². The molecule has 0 bridgehead atoms. The van der Waals surface area contributed by atoms with E-state index in [1.807, 2.05) is 36.4 Å². The van der Waals surface area contributed by atoms with Crippen LogP contribution in [0.1, 0.15) is 12.0 Å². The first kappa shape index (κ1) is 10.9. The molecule has 3 heteroatoms. The molecule has 1 unspecified atom stereocenters. The summed E-state index contributed by atoms with van der Waals surface area (Å²) in [7, 11) is 0. The molecule has 1 saturated heterocycles. The van der Waals surface area contributed by atoms with Crippen LogP contribution in [0.15, 0.2) is 36.4 Å². The minimum Gasteiger partial charge on any atom is -0.348 e. The standard InChI is InChI=1S/C13H16N2O/c16-13(15-12-8-9-14-10-12)7-6-11-4-2-1-3-5-11/h1-7,12,14H,8-10H2,(H,15,16). The molecule has 0 aliphatic carbocycles. The molecule has 0 aromatic heterocycles. The third-order valence-electron chi connectivity index (χ3n) is 2.63. The van der Waals surface area contributed by atoms with Crippen LogP contribution < -0.4 is 10.6 Å². The predicted octanol–water partition coefficient (Wildman–Crippen LogP) is 1.18. The molecule has 1 aliphatic heterocycles. The second-order valence-corrected chi connectivity index (χ2v) is 3.94. The van der Waals surface area contributed by atoms with Crippen molar-refractivity contribution in [3.05, 3.63) is 42.0 Å². The number of amides is 1. The summed E-state index contributed by atoms with van der Waals surface area (Å²) in [4.78, 5) is 11.5. The zero-order chi connectivity index (χ0) is 11.2. The topological polar surface area (TPSA) is 41.1 Å². The van der Waals surface area contributed by atoms with Gasteiger partial charge in [-0.2, -0.15) is 0 Å². The van der Waals surface area contributed by atoms with Gasteiger partial charge in [0.05, 0.1) is 0 Å². The maximum atomic E-state index is 11.5. The molecule has 16 heavy (non-hydrogen) atoms. The zero-order valence-corrected chi connectivity index (χ0v) is 9.15. The van der Waals surface area contributed by atoms with E-state index in [1.165, 1.54) is 0 Å². The minimum absolute atomic E-state index is 0.0162. The summed E-state index contributed by atoms with van der Waals surface area (Å²) in [6.45, 7) is 1.87. The molecular weight excluding hydrogens is 200 g/mol. The molecule has 1 aliphatic rings. The Morgan fingerprint density at radius 3 is 2.88 bits per heavy atom. The van der Waals surface area contributed by atoms with Crippen molar-refractivity contribution in [3.63, 3.8) is 0 Å². The van der Waals surface area contributed by atoms with Crippen LogP contribution in [0.4, 0.5) is 0 Å². The van der Waals surface area contributed by atoms with Crippen molar-refractivity contribution in [1.29, 1.82) is 0 Å². The highest BCUT2D eigenvalue weighted by Gasteiger charge is 2.14. The van der Waals surface area contributed by atoms with Gasteiger partial charge in [0.2, 0.25) is 5.91 Å². The van der Waals surface area contributed by atoms with E-state index in [0.717, 1.165) is 25.1 Å². The summed E-state index contributed by atoms with van der Waals surface area (Å²) in [6, 6.07) is 10.1. The average Bonchev–Trinajstić information content (AvgIpc) is 2.81. The number of benzene rings is 1. The van der Waals surface area contributed by atoms with Gasteiger partial charge >= 0.3 is 0 Å². The summed E-state index contributed by atoms with van der Waals surface area (Å²) in [6.07, 6.45) is 4.44. The largest absolute Gasteiger partial charge is 0.348 e. The molecule has 84 valence electrons. The molecule has 1 heterocycles. The number of hydrogen-bond donors (Lipinski definition) is 2. The Morgan fingerprint density at radius 2 is 2.19 bits per heavy atom. The van der Waals surface area contributed by atoms with E-state index in [9.17, 15) is 4.79 Å². The molecule has 0 radical (unpaired) electrons. The summed E-state index contributed by atoms with van der Waals surface area (Å²) in [5, 5.41) is 6.17. The Morgan fingerprint density at radius 1 is 1.38 bits per heavy atom. The number of nitrogens with one attached hydrogen (secondary N) is 2. The summed E-state index contributed by atoms with van der Waals surface area (Å²) in [5.41, 5.74) is 1.04. The van der Waals surface area contributed by atoms with Crippen molar-refractivity contribution in [2.75, 3.05) is 13.1 Å². The predicted molar refractivity (Wildman–Crippen MR) is 64.9 cm³/mol. The maximum Gasteiger partial charge on any atom is 0.244 e. The van der Waals surface area contributed by atoms with Gasteiger partial charge in [-0.3, -0.25) is 4.79 Å². The Balaban J connectivity index is 1.84. The fraction of sp³-hybridized carbons (Fsp3) is 0.308. The fourth-order valence-corrected chi connectivity index (χ4v) is 1.76. The smallest absolute Gasteiger partial charge is 0.244 e. The molecule has 2 rings (SSSR count). The fourth-order valence-electron chi connectivity index (χ4n) is 1.76. The highest BCUT2D eigenvalue weighted by atomic mass is 16.1. The number of rotatable bonds is 3. The lowest BCUT2D eigenvalue weighted by Gasteiger charge is -2.08. The van der Waals surface area contributed by atoms with Crippen molar-refractivity contribution in [1.82, 2.24) is 10.6 Å². The van der Waals surface area contributed by atoms with Gasteiger partial charge in [-0.1, -0.05) is 30.3 Å². The minimum atomic E-state index is -0.0162. The summed E-state index contributed by atoms with van der Waals surface area (Å²) in [5.74, 6) is -0.0162. The van der Waals surface area contributed by atoms with E-state index in [1.54, 1.807) is 6.08 Å². The number of hydrogen-bond acceptors (Lipinski definition) is 2. The van der Waals surface area contributed by atoms with Crippen LogP contribution in [0.5, 0.6) is 0 Å². The average molecular weight is 216 g/mol. The van der Waals surface area contributed by atoms with Gasteiger partial charge in [-0.15, -0.1) is 0 Å². The van der Waals surface area contributed by atoms with Crippen LogP contribution in [-0.2, 0) is 4.79 Å². The lowest BCUT2D eigenvalue weighted by atomic mass is 10.2. The molecule has 1 amide bonds. The second kappa shape index (κ2) is 5.47. The molecule has 1 aromatic carbocycles. The third kappa shape index (κ3) is 3.21. The first-order valence-electron chi connectivity index (χ1n) is 5.59. The molecule has 1 atom stereocenters. The van der Waals surface area contributed by atoms with Crippen LogP contribution in [0, 0.1) is 0 Å². The Kier molecular flexibility index (Phi) is 3.72. The van der Waals surface area contributed by atoms with E-state index in [0.29, 0.717) is 0 Å². The number of carbonyl (C=O) groups is 1. The molecule has 0 saturated carbocycles. The second-order valence-electron chi connectivity index (χ2n) is 3.94. The Hall–Kier alpha value is -1.61. The van der Waals surface area contributed by atoms with Gasteiger partial charge in [0.25, 0.3) is 0 Å². The van der Waals surface area contributed by atoms with Crippen molar-refractivity contribution in [2.45, 2.75) is 12.5 Å². The number of carbonyl (C=O) groups excluding carboxylic acids is 1. The van der Waals surface area contributed by atoms with Crippen LogP contribution >= 0.6 is 0 Å². The Bertz CT molecular complexity index is 367. The third-order valence-corrected chi connectivity index (χ3v) is 2.63. The molecule has 1 fully saturated rings. The van der Waals surface area contributed by atoms with Gasteiger partial charge in [-0.05, 0) is 24.6 Å². The van der Waals surface area contributed by atoms with Crippen LogP contribution in [0.3, 0.4) is 0 Å². The van der Waals surface area contributed by atoms with Gasteiger partial charge in [0.15, 0.2) is 0 Å². The first-order valence-corrected chi connectivity index (χ1v) is 5.59. The quantitative estimate of drug-likeness (QED) is 0.745. The van der Waals surface area contributed by atoms with E-state index < -0.39 is 0 Å². The SMILES string of the molecule is O=C(C=Cc1ccccc1)NC1CCNC1. The van der Waals surface area contributed by atoms with E-state index in [4.69, 9.17) is 0 Å². The van der Waals surface area contributed by atoms with Crippen molar-refractivity contribution in [3.8, 4) is 0 Å². The van der Waals surface area contributed by atoms with Gasteiger partial charge in [0, 0.05) is 18.7 Å². The van der Waals surface area contributed by atoms with E-state index >= 15 is 0 Å². The lowest BCUT2D eigenvalue weighted by Crippen LogP contribution is -2.34. The molecule has 0 spiro atoms. The van der Waals surface area contributed by atoms with Gasteiger partial charge < -0.3 is 10.6 Å². The molecular formula is C13H16N2O.